The Morgan fingerprint density at radius 1 is 1.17 bits per heavy atom. The van der Waals surface area contributed by atoms with Gasteiger partial charge in [0.05, 0.1) is 0 Å². The lowest BCUT2D eigenvalue weighted by Gasteiger charge is -2.33. The first-order chi connectivity index (χ1) is 8.60. The number of nitrogens with zero attached hydrogens (tertiary/aromatic N) is 4. The standard InChI is InChI=1S/C12H20ClN5/c1-8-4-6-9(7-5-8)18(3)12-16-10(13)15-11(14-2)17-12/h8-9H,4-7H2,1-3H3,(H,14,15,16,17). The van der Waals surface area contributed by atoms with Crippen LogP contribution >= 0.6 is 11.6 Å². The molecule has 0 aromatic carbocycles. The zero-order chi connectivity index (χ0) is 13.1. The Morgan fingerprint density at radius 2 is 1.83 bits per heavy atom. The Hall–Kier alpha value is -1.10. The van der Waals surface area contributed by atoms with Crippen LogP contribution < -0.4 is 10.2 Å². The molecule has 1 heterocycles. The number of rotatable bonds is 3. The van der Waals surface area contributed by atoms with Gasteiger partial charge in [0.2, 0.25) is 17.2 Å². The minimum atomic E-state index is 0.236. The zero-order valence-electron chi connectivity index (χ0n) is 11.1. The maximum atomic E-state index is 5.91. The van der Waals surface area contributed by atoms with Crippen LogP contribution in [0, 0.1) is 5.92 Å². The molecule has 100 valence electrons. The van der Waals surface area contributed by atoms with Crippen LogP contribution in [0.3, 0.4) is 0 Å². The molecule has 0 atom stereocenters. The summed E-state index contributed by atoms with van der Waals surface area (Å²) >= 11 is 5.91. The molecule has 0 radical (unpaired) electrons. The smallest absolute Gasteiger partial charge is 0.231 e. The maximum Gasteiger partial charge on any atom is 0.231 e. The molecule has 0 unspecified atom stereocenters. The van der Waals surface area contributed by atoms with Crippen molar-refractivity contribution in [3.05, 3.63) is 5.28 Å². The second kappa shape index (κ2) is 5.69. The van der Waals surface area contributed by atoms with Gasteiger partial charge in [-0.05, 0) is 43.2 Å². The van der Waals surface area contributed by atoms with Crippen molar-refractivity contribution in [2.45, 2.75) is 38.6 Å². The Labute approximate surface area is 113 Å². The monoisotopic (exact) mass is 269 g/mol. The van der Waals surface area contributed by atoms with E-state index < -0.39 is 0 Å². The van der Waals surface area contributed by atoms with Crippen molar-refractivity contribution in [3.63, 3.8) is 0 Å². The van der Waals surface area contributed by atoms with Gasteiger partial charge in [-0.1, -0.05) is 6.92 Å². The van der Waals surface area contributed by atoms with E-state index in [-0.39, 0.29) is 5.28 Å². The van der Waals surface area contributed by atoms with Crippen molar-refractivity contribution in [2.24, 2.45) is 5.92 Å². The summed E-state index contributed by atoms with van der Waals surface area (Å²) in [5.74, 6) is 2.00. The van der Waals surface area contributed by atoms with Gasteiger partial charge in [0, 0.05) is 20.1 Å². The minimum absolute atomic E-state index is 0.236. The first kappa shape index (κ1) is 13.3. The van der Waals surface area contributed by atoms with Gasteiger partial charge in [0.25, 0.3) is 0 Å². The molecule has 2 rings (SSSR count). The summed E-state index contributed by atoms with van der Waals surface area (Å²) in [6.07, 6.45) is 4.92. The molecule has 1 aromatic heterocycles. The molecular weight excluding hydrogens is 250 g/mol. The third-order valence-electron chi connectivity index (χ3n) is 3.67. The SMILES string of the molecule is CNc1nc(Cl)nc(N(C)C2CCC(C)CC2)n1. The van der Waals surface area contributed by atoms with E-state index in [2.05, 4.69) is 32.1 Å². The molecule has 18 heavy (non-hydrogen) atoms. The van der Waals surface area contributed by atoms with Gasteiger partial charge in [-0.3, -0.25) is 0 Å². The van der Waals surface area contributed by atoms with E-state index in [1.165, 1.54) is 25.7 Å². The van der Waals surface area contributed by atoms with Crippen molar-refractivity contribution < 1.29 is 0 Å². The van der Waals surface area contributed by atoms with Gasteiger partial charge >= 0.3 is 0 Å². The highest BCUT2D eigenvalue weighted by Crippen LogP contribution is 2.28. The van der Waals surface area contributed by atoms with Crippen molar-refractivity contribution in [1.29, 1.82) is 0 Å². The molecule has 5 nitrogen and oxygen atoms in total. The quantitative estimate of drug-likeness (QED) is 0.914. The number of hydrogen-bond acceptors (Lipinski definition) is 5. The molecule has 1 aromatic rings. The summed E-state index contributed by atoms with van der Waals surface area (Å²) in [6, 6.07) is 0.504. The fourth-order valence-corrected chi connectivity index (χ4v) is 2.56. The molecule has 1 fully saturated rings. The third-order valence-corrected chi connectivity index (χ3v) is 3.84. The average molecular weight is 270 g/mol. The number of anilines is 2. The summed E-state index contributed by atoms with van der Waals surface area (Å²) in [5, 5.41) is 3.14. The molecule has 0 saturated heterocycles. The molecule has 0 amide bonds. The highest BCUT2D eigenvalue weighted by molar-refractivity contribution is 6.28. The van der Waals surface area contributed by atoms with Gasteiger partial charge in [-0.25, -0.2) is 0 Å². The number of nitrogens with one attached hydrogen (secondary N) is 1. The molecule has 1 N–H and O–H groups in total. The van der Waals surface area contributed by atoms with Gasteiger partial charge in [0.15, 0.2) is 0 Å². The molecule has 0 spiro atoms. The Kier molecular flexibility index (Phi) is 4.22. The van der Waals surface area contributed by atoms with Crippen molar-refractivity contribution in [3.8, 4) is 0 Å². The van der Waals surface area contributed by atoms with Crippen molar-refractivity contribution in [2.75, 3.05) is 24.3 Å². The molecule has 0 aliphatic heterocycles. The van der Waals surface area contributed by atoms with Crippen LogP contribution in [0.4, 0.5) is 11.9 Å². The van der Waals surface area contributed by atoms with E-state index in [1.54, 1.807) is 7.05 Å². The largest absolute Gasteiger partial charge is 0.357 e. The van der Waals surface area contributed by atoms with Gasteiger partial charge in [-0.2, -0.15) is 15.0 Å². The van der Waals surface area contributed by atoms with E-state index in [0.717, 1.165) is 5.92 Å². The summed E-state index contributed by atoms with van der Waals surface area (Å²) in [5.41, 5.74) is 0. The first-order valence-electron chi connectivity index (χ1n) is 6.42. The van der Waals surface area contributed by atoms with Gasteiger partial charge < -0.3 is 10.2 Å². The lowest BCUT2D eigenvalue weighted by atomic mass is 9.87. The average Bonchev–Trinajstić information content (AvgIpc) is 2.38. The third kappa shape index (κ3) is 3.02. The van der Waals surface area contributed by atoms with E-state index >= 15 is 0 Å². The van der Waals surface area contributed by atoms with Crippen LogP contribution in [-0.2, 0) is 0 Å². The van der Waals surface area contributed by atoms with E-state index in [0.29, 0.717) is 17.9 Å². The Bertz CT molecular complexity index is 403. The van der Waals surface area contributed by atoms with Crippen molar-refractivity contribution in [1.82, 2.24) is 15.0 Å². The van der Waals surface area contributed by atoms with Crippen LogP contribution in [0.5, 0.6) is 0 Å². The molecule has 1 saturated carbocycles. The number of aromatic nitrogens is 3. The summed E-state index contributed by atoms with van der Waals surface area (Å²) < 4.78 is 0. The van der Waals surface area contributed by atoms with Crippen LogP contribution in [0.1, 0.15) is 32.6 Å². The van der Waals surface area contributed by atoms with Gasteiger partial charge in [0.1, 0.15) is 0 Å². The second-order valence-corrected chi connectivity index (χ2v) is 5.34. The lowest BCUT2D eigenvalue weighted by molar-refractivity contribution is 0.339. The molecule has 1 aliphatic carbocycles. The fraction of sp³-hybridized carbons (Fsp3) is 0.750. The maximum absolute atomic E-state index is 5.91. The van der Waals surface area contributed by atoms with Crippen LogP contribution in [0.2, 0.25) is 5.28 Å². The molecule has 6 heteroatoms. The predicted molar refractivity (Wildman–Crippen MR) is 74.2 cm³/mol. The number of hydrogen-bond donors (Lipinski definition) is 1. The highest BCUT2D eigenvalue weighted by Gasteiger charge is 2.23. The van der Waals surface area contributed by atoms with Crippen LogP contribution in [-0.4, -0.2) is 35.1 Å². The minimum Gasteiger partial charge on any atom is -0.357 e. The second-order valence-electron chi connectivity index (χ2n) is 5.00. The predicted octanol–water partition coefficient (Wildman–Crippen LogP) is 2.58. The van der Waals surface area contributed by atoms with Crippen LogP contribution in [0.25, 0.3) is 0 Å². The highest BCUT2D eigenvalue weighted by atomic mass is 35.5. The van der Waals surface area contributed by atoms with E-state index in [1.807, 2.05) is 7.05 Å². The number of halogens is 1. The summed E-state index contributed by atoms with van der Waals surface area (Å²) in [4.78, 5) is 14.7. The first-order valence-corrected chi connectivity index (χ1v) is 6.80. The van der Waals surface area contributed by atoms with Crippen LogP contribution in [0.15, 0.2) is 0 Å². The van der Waals surface area contributed by atoms with E-state index in [4.69, 9.17) is 11.6 Å². The fourth-order valence-electron chi connectivity index (χ4n) is 2.40. The topological polar surface area (TPSA) is 53.9 Å². The summed E-state index contributed by atoms with van der Waals surface area (Å²) in [7, 11) is 3.81. The molecule has 0 bridgehead atoms. The lowest BCUT2D eigenvalue weighted by Crippen LogP contribution is -2.36. The van der Waals surface area contributed by atoms with Crippen molar-refractivity contribution >= 4 is 23.5 Å². The summed E-state index contributed by atoms with van der Waals surface area (Å²) in [6.45, 7) is 2.31. The zero-order valence-corrected chi connectivity index (χ0v) is 11.9. The Balaban J connectivity index is 2.12. The molecular formula is C12H20ClN5. The van der Waals surface area contributed by atoms with Gasteiger partial charge in [-0.15, -0.1) is 0 Å². The molecule has 1 aliphatic rings. The normalized spacial score (nSPS) is 23.8. The van der Waals surface area contributed by atoms with E-state index in [9.17, 15) is 0 Å². The Morgan fingerprint density at radius 3 is 2.44 bits per heavy atom.